The Hall–Kier alpha value is -1.13. The normalized spacial score (nSPS) is 12.0. The lowest BCUT2D eigenvalue weighted by Crippen LogP contribution is -2.32. The van der Waals surface area contributed by atoms with Gasteiger partial charge in [-0.3, -0.25) is 5.10 Å². The van der Waals surface area contributed by atoms with E-state index in [0.717, 1.165) is 24.5 Å². The molecule has 0 saturated carbocycles. The molecule has 0 saturated heterocycles. The number of hydrogen-bond acceptors (Lipinski definition) is 3. The minimum Gasteiger partial charge on any atom is -0.312 e. The Kier molecular flexibility index (Phi) is 3.88. The third kappa shape index (κ3) is 2.82. The molecule has 0 bridgehead atoms. The van der Waals surface area contributed by atoms with Gasteiger partial charge in [0.15, 0.2) is 0 Å². The van der Waals surface area contributed by atoms with Crippen LogP contribution >= 0.6 is 11.3 Å². The lowest BCUT2D eigenvalue weighted by Gasteiger charge is -2.23. The van der Waals surface area contributed by atoms with Crippen LogP contribution in [0.1, 0.15) is 35.7 Å². The molecule has 2 N–H and O–H groups in total. The van der Waals surface area contributed by atoms with Crippen molar-refractivity contribution in [1.82, 2.24) is 15.5 Å². The van der Waals surface area contributed by atoms with Gasteiger partial charge in [0.1, 0.15) is 0 Å². The van der Waals surface area contributed by atoms with Crippen LogP contribution in [0.25, 0.3) is 0 Å². The Morgan fingerprint density at radius 3 is 2.72 bits per heavy atom. The van der Waals surface area contributed by atoms with E-state index in [-0.39, 0.29) is 5.41 Å². The van der Waals surface area contributed by atoms with Crippen LogP contribution in [0.5, 0.6) is 0 Å². The monoisotopic (exact) mass is 263 g/mol. The molecular weight excluding hydrogens is 242 g/mol. The van der Waals surface area contributed by atoms with E-state index in [1.54, 1.807) is 0 Å². The minimum absolute atomic E-state index is 0.180. The molecule has 4 heteroatoms. The molecule has 2 rings (SSSR count). The van der Waals surface area contributed by atoms with Gasteiger partial charge in [0, 0.05) is 34.6 Å². The maximum Gasteiger partial charge on any atom is 0.0638 e. The summed E-state index contributed by atoms with van der Waals surface area (Å²) in [5.41, 5.74) is 3.72. The van der Waals surface area contributed by atoms with Crippen LogP contribution in [0.15, 0.2) is 17.5 Å². The van der Waals surface area contributed by atoms with Crippen LogP contribution in [-0.4, -0.2) is 16.7 Å². The zero-order chi connectivity index (χ0) is 13.2. The summed E-state index contributed by atoms with van der Waals surface area (Å²) in [4.78, 5) is 1.43. The van der Waals surface area contributed by atoms with E-state index in [9.17, 15) is 0 Å². The molecule has 0 unspecified atom stereocenters. The first-order valence-electron chi connectivity index (χ1n) is 6.26. The third-order valence-electron chi connectivity index (χ3n) is 3.34. The predicted molar refractivity (Wildman–Crippen MR) is 77.1 cm³/mol. The third-order valence-corrected chi connectivity index (χ3v) is 4.57. The molecule has 18 heavy (non-hydrogen) atoms. The Morgan fingerprint density at radius 1 is 1.39 bits per heavy atom. The summed E-state index contributed by atoms with van der Waals surface area (Å²) >= 11 is 1.83. The Balaban J connectivity index is 1.93. The number of rotatable bonds is 5. The van der Waals surface area contributed by atoms with Crippen molar-refractivity contribution >= 4 is 11.3 Å². The molecule has 0 spiro atoms. The molecule has 0 aliphatic rings. The van der Waals surface area contributed by atoms with Crippen molar-refractivity contribution in [3.63, 3.8) is 0 Å². The molecule has 0 fully saturated rings. The van der Waals surface area contributed by atoms with Crippen LogP contribution < -0.4 is 5.32 Å². The molecule has 0 atom stereocenters. The summed E-state index contributed by atoms with van der Waals surface area (Å²) in [6.45, 7) is 10.5. The molecule has 0 aliphatic heterocycles. The van der Waals surface area contributed by atoms with E-state index in [1.807, 2.05) is 18.3 Å². The Morgan fingerprint density at radius 2 is 2.17 bits per heavy atom. The van der Waals surface area contributed by atoms with Gasteiger partial charge in [-0.05, 0) is 25.3 Å². The highest BCUT2D eigenvalue weighted by molar-refractivity contribution is 7.10. The van der Waals surface area contributed by atoms with Crippen LogP contribution in [0.2, 0.25) is 0 Å². The van der Waals surface area contributed by atoms with Crippen LogP contribution in [0.3, 0.4) is 0 Å². The quantitative estimate of drug-likeness (QED) is 0.870. The van der Waals surface area contributed by atoms with Gasteiger partial charge in [-0.25, -0.2) is 0 Å². The second-order valence-electron chi connectivity index (χ2n) is 5.38. The summed E-state index contributed by atoms with van der Waals surface area (Å²) in [6.07, 6.45) is 0. The molecule has 2 aromatic heterocycles. The summed E-state index contributed by atoms with van der Waals surface area (Å²) < 4.78 is 0. The second kappa shape index (κ2) is 5.24. The Bertz CT molecular complexity index is 478. The van der Waals surface area contributed by atoms with E-state index < -0.39 is 0 Å². The Labute approximate surface area is 113 Å². The van der Waals surface area contributed by atoms with Crippen molar-refractivity contribution in [2.45, 2.75) is 39.7 Å². The fraction of sp³-hybridized carbons (Fsp3) is 0.500. The van der Waals surface area contributed by atoms with Gasteiger partial charge in [0.05, 0.1) is 5.69 Å². The van der Waals surface area contributed by atoms with Crippen molar-refractivity contribution in [2.75, 3.05) is 6.54 Å². The maximum absolute atomic E-state index is 4.22. The van der Waals surface area contributed by atoms with Crippen LogP contribution in [-0.2, 0) is 12.0 Å². The second-order valence-corrected chi connectivity index (χ2v) is 6.33. The molecule has 0 radical (unpaired) electrons. The summed E-state index contributed by atoms with van der Waals surface area (Å²) in [6, 6.07) is 4.33. The fourth-order valence-electron chi connectivity index (χ4n) is 2.09. The van der Waals surface area contributed by atoms with Gasteiger partial charge < -0.3 is 5.32 Å². The van der Waals surface area contributed by atoms with Crippen molar-refractivity contribution in [2.24, 2.45) is 0 Å². The van der Waals surface area contributed by atoms with Gasteiger partial charge in [0.2, 0.25) is 0 Å². The lowest BCUT2D eigenvalue weighted by atomic mass is 9.91. The highest BCUT2D eigenvalue weighted by atomic mass is 32.1. The van der Waals surface area contributed by atoms with E-state index in [0.29, 0.717) is 0 Å². The smallest absolute Gasteiger partial charge is 0.0638 e. The molecule has 3 nitrogen and oxygen atoms in total. The maximum atomic E-state index is 4.22. The number of thiophene rings is 1. The van der Waals surface area contributed by atoms with Gasteiger partial charge in [-0.15, -0.1) is 11.3 Å². The number of aryl methyl sites for hydroxylation is 2. The predicted octanol–water partition coefficient (Wildman–Crippen LogP) is 3.16. The van der Waals surface area contributed by atoms with E-state index in [2.05, 4.69) is 53.8 Å². The summed E-state index contributed by atoms with van der Waals surface area (Å²) in [5, 5.41) is 12.9. The first-order valence-corrected chi connectivity index (χ1v) is 7.14. The minimum atomic E-state index is 0.180. The molecule has 0 aromatic carbocycles. The molecule has 2 heterocycles. The number of H-pyrrole nitrogens is 1. The van der Waals surface area contributed by atoms with Crippen molar-refractivity contribution in [1.29, 1.82) is 0 Å². The highest BCUT2D eigenvalue weighted by Crippen LogP contribution is 2.26. The van der Waals surface area contributed by atoms with Crippen molar-refractivity contribution in [3.8, 4) is 0 Å². The molecule has 98 valence electrons. The summed E-state index contributed by atoms with van der Waals surface area (Å²) in [5.74, 6) is 0. The van der Waals surface area contributed by atoms with Crippen LogP contribution in [0, 0.1) is 13.8 Å². The topological polar surface area (TPSA) is 40.7 Å². The van der Waals surface area contributed by atoms with Crippen LogP contribution in [0.4, 0.5) is 0 Å². The number of aromatic amines is 1. The van der Waals surface area contributed by atoms with Crippen molar-refractivity contribution in [3.05, 3.63) is 39.3 Å². The zero-order valence-electron chi connectivity index (χ0n) is 11.5. The van der Waals surface area contributed by atoms with Gasteiger partial charge in [0.25, 0.3) is 0 Å². The zero-order valence-corrected chi connectivity index (χ0v) is 12.3. The molecule has 2 aromatic rings. The van der Waals surface area contributed by atoms with E-state index >= 15 is 0 Å². The summed E-state index contributed by atoms with van der Waals surface area (Å²) in [7, 11) is 0. The highest BCUT2D eigenvalue weighted by Gasteiger charge is 2.21. The largest absolute Gasteiger partial charge is 0.312 e. The van der Waals surface area contributed by atoms with Gasteiger partial charge in [-0.2, -0.15) is 5.10 Å². The average Bonchev–Trinajstić information content (AvgIpc) is 2.93. The fourth-order valence-corrected chi connectivity index (χ4v) is 2.94. The van der Waals surface area contributed by atoms with Gasteiger partial charge >= 0.3 is 0 Å². The van der Waals surface area contributed by atoms with E-state index in [4.69, 9.17) is 0 Å². The SMILES string of the molecule is Cc1n[nH]c(C)c1CNCC(C)(C)c1cccs1. The lowest BCUT2D eigenvalue weighted by molar-refractivity contribution is 0.476. The number of nitrogens with zero attached hydrogens (tertiary/aromatic N) is 1. The number of aromatic nitrogens is 2. The number of hydrogen-bond donors (Lipinski definition) is 2. The molecule has 0 aliphatic carbocycles. The van der Waals surface area contributed by atoms with Gasteiger partial charge in [-0.1, -0.05) is 19.9 Å². The van der Waals surface area contributed by atoms with Crippen molar-refractivity contribution < 1.29 is 0 Å². The standard InChI is InChI=1S/C14H21N3S/c1-10-12(11(2)17-16-10)8-15-9-14(3,4)13-6-5-7-18-13/h5-7,15H,8-9H2,1-4H3,(H,16,17). The molecule has 0 amide bonds. The average molecular weight is 263 g/mol. The van der Waals surface area contributed by atoms with E-state index in [1.165, 1.54) is 10.4 Å². The molecular formula is C14H21N3S. The first kappa shape index (κ1) is 13.3. The number of nitrogens with one attached hydrogen (secondary N) is 2. The first-order chi connectivity index (χ1) is 8.50.